The van der Waals surface area contributed by atoms with E-state index in [0.717, 1.165) is 32.5 Å². The standard InChI is InChI=1S/C10H19N2O/c1-12(2)8-5-10(13)9-3-6-11-7-4-9/h9H,3-8H2,1-2H3. The van der Waals surface area contributed by atoms with Gasteiger partial charge in [0.25, 0.3) is 0 Å². The summed E-state index contributed by atoms with van der Waals surface area (Å²) >= 11 is 0. The van der Waals surface area contributed by atoms with Crippen LogP contribution in [0.3, 0.4) is 0 Å². The molecule has 3 heteroatoms. The molecule has 0 saturated carbocycles. The van der Waals surface area contributed by atoms with Crippen LogP contribution in [0.25, 0.3) is 0 Å². The monoisotopic (exact) mass is 183 g/mol. The molecule has 1 saturated heterocycles. The van der Waals surface area contributed by atoms with Crippen LogP contribution in [0, 0.1) is 5.92 Å². The van der Waals surface area contributed by atoms with Crippen LogP contribution < -0.4 is 5.32 Å². The third-order valence-corrected chi connectivity index (χ3v) is 2.53. The summed E-state index contributed by atoms with van der Waals surface area (Å²) in [5.41, 5.74) is 0. The molecule has 1 rings (SSSR count). The van der Waals surface area contributed by atoms with Crippen molar-refractivity contribution in [1.29, 1.82) is 0 Å². The van der Waals surface area contributed by atoms with E-state index in [0.29, 0.717) is 18.1 Å². The molecule has 1 fully saturated rings. The Morgan fingerprint density at radius 1 is 1.38 bits per heavy atom. The predicted molar refractivity (Wildman–Crippen MR) is 52.8 cm³/mol. The Hall–Kier alpha value is -0.410. The number of hydrogen-bond acceptors (Lipinski definition) is 2. The molecule has 1 radical (unpaired) electrons. The molecule has 1 aliphatic heterocycles. The summed E-state index contributed by atoms with van der Waals surface area (Å²) in [5.74, 6) is 0.737. The van der Waals surface area contributed by atoms with Gasteiger partial charge in [-0.05, 0) is 26.9 Å². The van der Waals surface area contributed by atoms with Gasteiger partial charge in [-0.2, -0.15) is 0 Å². The average molecular weight is 183 g/mol. The maximum atomic E-state index is 11.6. The van der Waals surface area contributed by atoms with E-state index in [2.05, 4.69) is 10.2 Å². The van der Waals surface area contributed by atoms with E-state index in [1.165, 1.54) is 0 Å². The summed E-state index contributed by atoms with van der Waals surface area (Å²) in [5, 5.41) is 4.24. The zero-order valence-electron chi connectivity index (χ0n) is 8.62. The maximum absolute atomic E-state index is 11.6. The van der Waals surface area contributed by atoms with Crippen LogP contribution in [0.4, 0.5) is 0 Å². The first-order valence-electron chi connectivity index (χ1n) is 5.01. The van der Waals surface area contributed by atoms with Gasteiger partial charge in [0, 0.05) is 32.0 Å². The molecule has 0 aromatic rings. The maximum Gasteiger partial charge on any atom is 0.137 e. The Kier molecular flexibility index (Phi) is 4.39. The summed E-state index contributed by atoms with van der Waals surface area (Å²) in [6.07, 6.45) is 2.66. The van der Waals surface area contributed by atoms with Gasteiger partial charge in [0.2, 0.25) is 0 Å². The van der Waals surface area contributed by atoms with Crippen molar-refractivity contribution in [2.75, 3.05) is 33.7 Å². The number of piperidine rings is 1. The largest absolute Gasteiger partial charge is 0.309 e. The number of ketones is 1. The molecule has 0 spiro atoms. The Bertz CT molecular complexity index is 162. The third-order valence-electron chi connectivity index (χ3n) is 2.53. The first-order chi connectivity index (χ1) is 6.20. The fraction of sp³-hybridized carbons (Fsp3) is 0.900. The number of carbonyl (C=O) groups is 1. The van der Waals surface area contributed by atoms with Crippen LogP contribution in [0.15, 0.2) is 0 Å². The second kappa shape index (κ2) is 5.35. The minimum atomic E-state index is 0.303. The van der Waals surface area contributed by atoms with Crippen molar-refractivity contribution in [2.45, 2.75) is 19.3 Å². The third kappa shape index (κ3) is 3.87. The lowest BCUT2D eigenvalue weighted by Gasteiger charge is -2.20. The van der Waals surface area contributed by atoms with Gasteiger partial charge in [0.05, 0.1) is 0 Å². The van der Waals surface area contributed by atoms with E-state index < -0.39 is 0 Å². The predicted octanol–water partition coefficient (Wildman–Crippen LogP) is 0.522. The van der Waals surface area contributed by atoms with Gasteiger partial charge in [-0.25, -0.2) is 5.32 Å². The molecule has 0 aliphatic carbocycles. The first kappa shape index (κ1) is 10.7. The number of carbonyl (C=O) groups excluding carboxylic acids is 1. The smallest absolute Gasteiger partial charge is 0.137 e. The fourth-order valence-corrected chi connectivity index (χ4v) is 1.61. The molecule has 1 heterocycles. The van der Waals surface area contributed by atoms with Crippen molar-refractivity contribution in [3.63, 3.8) is 0 Å². The van der Waals surface area contributed by atoms with Crippen LogP contribution >= 0.6 is 0 Å². The molecule has 0 unspecified atom stereocenters. The first-order valence-corrected chi connectivity index (χ1v) is 5.01. The van der Waals surface area contributed by atoms with Crippen LogP contribution in [0.1, 0.15) is 19.3 Å². The topological polar surface area (TPSA) is 34.4 Å². The normalized spacial score (nSPS) is 19.3. The SMILES string of the molecule is CN(C)CCC(=O)C1CC[N]CC1. The highest BCUT2D eigenvalue weighted by Gasteiger charge is 2.20. The zero-order valence-corrected chi connectivity index (χ0v) is 8.62. The molecule has 75 valence electrons. The average Bonchev–Trinajstić information content (AvgIpc) is 2.15. The van der Waals surface area contributed by atoms with Gasteiger partial charge < -0.3 is 4.90 Å². The summed E-state index contributed by atoms with van der Waals surface area (Å²) in [4.78, 5) is 13.7. The lowest BCUT2D eigenvalue weighted by molar-refractivity contribution is -0.123. The van der Waals surface area contributed by atoms with Gasteiger partial charge in [0.1, 0.15) is 5.78 Å². The van der Waals surface area contributed by atoms with Gasteiger partial charge in [0.15, 0.2) is 0 Å². The van der Waals surface area contributed by atoms with E-state index in [4.69, 9.17) is 0 Å². The molecule has 0 aromatic carbocycles. The molecular weight excluding hydrogens is 164 g/mol. The Morgan fingerprint density at radius 3 is 2.54 bits per heavy atom. The van der Waals surface area contributed by atoms with E-state index >= 15 is 0 Å². The highest BCUT2D eigenvalue weighted by atomic mass is 16.1. The Labute approximate surface area is 80.5 Å². The second-order valence-electron chi connectivity index (χ2n) is 3.96. The molecule has 0 amide bonds. The minimum absolute atomic E-state index is 0.303. The molecule has 0 atom stereocenters. The van der Waals surface area contributed by atoms with Crippen molar-refractivity contribution < 1.29 is 4.79 Å². The minimum Gasteiger partial charge on any atom is -0.309 e. The highest BCUT2D eigenvalue weighted by Crippen LogP contribution is 2.15. The Balaban J connectivity index is 2.21. The number of Topliss-reactive ketones (excluding diaryl/α,β-unsaturated/α-hetero) is 1. The molecular formula is C10H19N2O. The number of hydrogen-bond donors (Lipinski definition) is 0. The van der Waals surface area contributed by atoms with E-state index in [1.807, 2.05) is 14.1 Å². The number of rotatable bonds is 4. The van der Waals surface area contributed by atoms with Gasteiger partial charge in [-0.3, -0.25) is 4.79 Å². The lowest BCUT2D eigenvalue weighted by atomic mass is 9.92. The van der Waals surface area contributed by atoms with Crippen LogP contribution in [0.2, 0.25) is 0 Å². The van der Waals surface area contributed by atoms with E-state index in [1.54, 1.807) is 0 Å². The van der Waals surface area contributed by atoms with Crippen molar-refractivity contribution in [3.05, 3.63) is 0 Å². The highest BCUT2D eigenvalue weighted by molar-refractivity contribution is 5.81. The zero-order chi connectivity index (χ0) is 9.68. The summed E-state index contributed by atoms with van der Waals surface area (Å²) < 4.78 is 0. The van der Waals surface area contributed by atoms with Gasteiger partial charge in [-0.1, -0.05) is 0 Å². The quantitative estimate of drug-likeness (QED) is 0.637. The van der Waals surface area contributed by atoms with Crippen LogP contribution in [0.5, 0.6) is 0 Å². The van der Waals surface area contributed by atoms with E-state index in [9.17, 15) is 4.79 Å². The van der Waals surface area contributed by atoms with Crippen LogP contribution in [-0.2, 0) is 4.79 Å². The molecule has 3 nitrogen and oxygen atoms in total. The van der Waals surface area contributed by atoms with Crippen molar-refractivity contribution in [1.82, 2.24) is 10.2 Å². The molecule has 0 aromatic heterocycles. The van der Waals surface area contributed by atoms with Crippen molar-refractivity contribution in [3.8, 4) is 0 Å². The van der Waals surface area contributed by atoms with E-state index in [-0.39, 0.29) is 0 Å². The second-order valence-corrected chi connectivity index (χ2v) is 3.96. The van der Waals surface area contributed by atoms with Gasteiger partial charge in [-0.15, -0.1) is 0 Å². The van der Waals surface area contributed by atoms with Crippen molar-refractivity contribution >= 4 is 5.78 Å². The number of nitrogens with zero attached hydrogens (tertiary/aromatic N) is 2. The van der Waals surface area contributed by atoms with Crippen molar-refractivity contribution in [2.24, 2.45) is 5.92 Å². The summed E-state index contributed by atoms with van der Waals surface area (Å²) in [7, 11) is 4.01. The molecule has 1 aliphatic rings. The fourth-order valence-electron chi connectivity index (χ4n) is 1.61. The van der Waals surface area contributed by atoms with Gasteiger partial charge >= 0.3 is 0 Å². The lowest BCUT2D eigenvalue weighted by Crippen LogP contribution is -2.29. The molecule has 0 N–H and O–H groups in total. The Morgan fingerprint density at radius 2 is 2.00 bits per heavy atom. The summed E-state index contributed by atoms with van der Waals surface area (Å²) in [6, 6.07) is 0. The summed E-state index contributed by atoms with van der Waals surface area (Å²) in [6.45, 7) is 2.66. The molecule has 13 heavy (non-hydrogen) atoms. The van der Waals surface area contributed by atoms with Crippen LogP contribution in [-0.4, -0.2) is 44.4 Å². The molecule has 0 bridgehead atoms.